The molecule has 1 N–H and O–H groups in total. The molecule has 0 bridgehead atoms. The number of halogens is 2. The molecule has 1 saturated carbocycles. The van der Waals surface area contributed by atoms with Crippen molar-refractivity contribution >= 4 is 11.6 Å². The maximum atomic E-state index is 12.5. The molecular formula is C16H21F2NO3. The summed E-state index contributed by atoms with van der Waals surface area (Å²) in [7, 11) is 0. The molecule has 1 amide bonds. The first-order valence-electron chi connectivity index (χ1n) is 7.50. The third-order valence-corrected chi connectivity index (χ3v) is 4.06. The van der Waals surface area contributed by atoms with Gasteiger partial charge in [-0.05, 0) is 50.5 Å². The van der Waals surface area contributed by atoms with Crippen LogP contribution in [0, 0.1) is 5.41 Å². The van der Waals surface area contributed by atoms with Gasteiger partial charge in [-0.2, -0.15) is 8.78 Å². The molecule has 0 radical (unpaired) electrons. The number of nitrogens with one attached hydrogen (secondary N) is 1. The van der Waals surface area contributed by atoms with Gasteiger partial charge in [-0.25, -0.2) is 0 Å². The van der Waals surface area contributed by atoms with Gasteiger partial charge in [-0.15, -0.1) is 0 Å². The van der Waals surface area contributed by atoms with Gasteiger partial charge in [0.05, 0.1) is 5.41 Å². The van der Waals surface area contributed by atoms with Gasteiger partial charge in [0.1, 0.15) is 5.75 Å². The van der Waals surface area contributed by atoms with Crippen molar-refractivity contribution in [1.82, 2.24) is 0 Å². The van der Waals surface area contributed by atoms with E-state index in [4.69, 9.17) is 4.74 Å². The molecule has 0 atom stereocenters. The lowest BCUT2D eigenvalue weighted by molar-refractivity contribution is -0.132. The number of benzene rings is 1. The Kier molecular flexibility index (Phi) is 5.71. The fourth-order valence-corrected chi connectivity index (χ4v) is 2.59. The minimum absolute atomic E-state index is 0.0269. The van der Waals surface area contributed by atoms with Crippen LogP contribution >= 0.6 is 0 Å². The smallest absolute Gasteiger partial charge is 0.387 e. The molecule has 2 rings (SSSR count). The van der Waals surface area contributed by atoms with Crippen molar-refractivity contribution in [1.29, 1.82) is 0 Å². The predicted octanol–water partition coefficient (Wildman–Crippen LogP) is 3.82. The number of carbonyl (C=O) groups is 1. The maximum absolute atomic E-state index is 12.5. The minimum atomic E-state index is -2.85. The van der Waals surface area contributed by atoms with Gasteiger partial charge in [0, 0.05) is 18.9 Å². The van der Waals surface area contributed by atoms with Crippen molar-refractivity contribution in [3.05, 3.63) is 24.3 Å². The number of ether oxygens (including phenoxy) is 2. The zero-order chi connectivity index (χ0) is 16.0. The lowest BCUT2D eigenvalue weighted by Crippen LogP contribution is -2.42. The van der Waals surface area contributed by atoms with Crippen molar-refractivity contribution in [2.75, 3.05) is 18.5 Å². The molecule has 1 aliphatic rings. The summed E-state index contributed by atoms with van der Waals surface area (Å²) in [5, 5.41) is 2.85. The van der Waals surface area contributed by atoms with Gasteiger partial charge in [-0.1, -0.05) is 6.42 Å². The van der Waals surface area contributed by atoms with Crippen molar-refractivity contribution in [2.24, 2.45) is 5.41 Å². The SMILES string of the molecule is CCOCCC1(C(=O)Nc2ccc(OC(F)F)cc2)CCC1. The van der Waals surface area contributed by atoms with E-state index in [1.165, 1.54) is 12.1 Å². The molecule has 1 fully saturated rings. The highest BCUT2D eigenvalue weighted by molar-refractivity contribution is 5.95. The van der Waals surface area contributed by atoms with Crippen LogP contribution in [0.4, 0.5) is 14.5 Å². The molecule has 0 spiro atoms. The number of hydrogen-bond acceptors (Lipinski definition) is 3. The van der Waals surface area contributed by atoms with Crippen LogP contribution in [0.3, 0.4) is 0 Å². The highest BCUT2D eigenvalue weighted by atomic mass is 19.3. The number of alkyl halides is 2. The summed E-state index contributed by atoms with van der Waals surface area (Å²) in [5.41, 5.74) is 0.224. The second kappa shape index (κ2) is 7.54. The number of carbonyl (C=O) groups excluding carboxylic acids is 1. The maximum Gasteiger partial charge on any atom is 0.387 e. The first-order chi connectivity index (χ1) is 10.6. The molecule has 4 nitrogen and oxygen atoms in total. The van der Waals surface area contributed by atoms with Crippen LogP contribution in [-0.2, 0) is 9.53 Å². The molecule has 0 unspecified atom stereocenters. The summed E-state index contributed by atoms with van der Waals surface area (Å²) in [4.78, 5) is 12.5. The van der Waals surface area contributed by atoms with Crippen LogP contribution in [0.15, 0.2) is 24.3 Å². The van der Waals surface area contributed by atoms with Crippen molar-refractivity contribution in [3.8, 4) is 5.75 Å². The Morgan fingerprint density at radius 1 is 1.32 bits per heavy atom. The normalized spacial score (nSPS) is 16.2. The van der Waals surface area contributed by atoms with Gasteiger partial charge >= 0.3 is 6.61 Å². The van der Waals surface area contributed by atoms with Crippen LogP contribution in [0.1, 0.15) is 32.6 Å². The summed E-state index contributed by atoms with van der Waals surface area (Å²) in [6.45, 7) is 0.294. The van der Waals surface area contributed by atoms with Crippen LogP contribution in [0.2, 0.25) is 0 Å². The molecule has 22 heavy (non-hydrogen) atoms. The van der Waals surface area contributed by atoms with Crippen molar-refractivity contribution in [2.45, 2.75) is 39.2 Å². The summed E-state index contributed by atoms with van der Waals surface area (Å²) in [6, 6.07) is 5.94. The summed E-state index contributed by atoms with van der Waals surface area (Å²) < 4.78 is 33.8. The standard InChI is InChI=1S/C16H21F2NO3/c1-2-21-11-10-16(8-3-9-16)14(20)19-12-4-6-13(7-5-12)22-15(17)18/h4-7,15H,2-3,8-11H2,1H3,(H,19,20). The van der Waals surface area contributed by atoms with Gasteiger partial charge in [-0.3, -0.25) is 4.79 Å². The van der Waals surface area contributed by atoms with E-state index in [2.05, 4.69) is 10.1 Å². The molecule has 0 heterocycles. The summed E-state index contributed by atoms with van der Waals surface area (Å²) in [5.74, 6) is 0.0451. The predicted molar refractivity (Wildman–Crippen MR) is 79.1 cm³/mol. The third kappa shape index (κ3) is 4.16. The van der Waals surface area contributed by atoms with Gasteiger partial charge in [0.15, 0.2) is 0 Å². The fourth-order valence-electron chi connectivity index (χ4n) is 2.59. The minimum Gasteiger partial charge on any atom is -0.435 e. The monoisotopic (exact) mass is 313 g/mol. The highest BCUT2D eigenvalue weighted by Crippen LogP contribution is 2.44. The lowest BCUT2D eigenvalue weighted by Gasteiger charge is -2.40. The molecule has 0 aromatic heterocycles. The van der Waals surface area contributed by atoms with E-state index in [1.807, 2.05) is 6.92 Å². The second-order valence-electron chi connectivity index (χ2n) is 5.44. The van der Waals surface area contributed by atoms with E-state index in [1.54, 1.807) is 12.1 Å². The van der Waals surface area contributed by atoms with E-state index in [0.29, 0.717) is 25.3 Å². The summed E-state index contributed by atoms with van der Waals surface area (Å²) in [6.07, 6.45) is 3.47. The number of hydrogen-bond donors (Lipinski definition) is 1. The Morgan fingerprint density at radius 2 is 2.00 bits per heavy atom. The Balaban J connectivity index is 1.92. The zero-order valence-corrected chi connectivity index (χ0v) is 12.6. The molecule has 0 saturated heterocycles. The van der Waals surface area contributed by atoms with E-state index in [0.717, 1.165) is 19.3 Å². The first-order valence-corrected chi connectivity index (χ1v) is 7.50. The molecule has 122 valence electrons. The van der Waals surface area contributed by atoms with Crippen LogP contribution in [0.25, 0.3) is 0 Å². The van der Waals surface area contributed by atoms with E-state index >= 15 is 0 Å². The second-order valence-corrected chi connectivity index (χ2v) is 5.44. The van der Waals surface area contributed by atoms with E-state index in [-0.39, 0.29) is 17.1 Å². The molecule has 1 aromatic rings. The third-order valence-electron chi connectivity index (χ3n) is 4.06. The lowest BCUT2D eigenvalue weighted by atomic mass is 9.66. The average Bonchev–Trinajstić information content (AvgIpc) is 2.43. The first kappa shape index (κ1) is 16.7. The van der Waals surface area contributed by atoms with Crippen LogP contribution in [0.5, 0.6) is 5.75 Å². The van der Waals surface area contributed by atoms with Gasteiger partial charge in [0.25, 0.3) is 0 Å². The average molecular weight is 313 g/mol. The Morgan fingerprint density at radius 3 is 2.50 bits per heavy atom. The quantitative estimate of drug-likeness (QED) is 0.742. The van der Waals surface area contributed by atoms with Crippen LogP contribution < -0.4 is 10.1 Å². The highest BCUT2D eigenvalue weighted by Gasteiger charge is 2.43. The molecule has 1 aliphatic carbocycles. The largest absolute Gasteiger partial charge is 0.435 e. The van der Waals surface area contributed by atoms with Crippen molar-refractivity contribution in [3.63, 3.8) is 0 Å². The van der Waals surface area contributed by atoms with Crippen LogP contribution in [-0.4, -0.2) is 25.7 Å². The van der Waals surface area contributed by atoms with Gasteiger partial charge < -0.3 is 14.8 Å². The van der Waals surface area contributed by atoms with Crippen molar-refractivity contribution < 1.29 is 23.0 Å². The molecular weight excluding hydrogens is 292 g/mol. The number of rotatable bonds is 8. The number of anilines is 1. The van der Waals surface area contributed by atoms with E-state index < -0.39 is 6.61 Å². The zero-order valence-electron chi connectivity index (χ0n) is 12.6. The Labute approximate surface area is 128 Å². The fraction of sp³-hybridized carbons (Fsp3) is 0.562. The summed E-state index contributed by atoms with van der Waals surface area (Å²) >= 11 is 0. The van der Waals surface area contributed by atoms with Gasteiger partial charge in [0.2, 0.25) is 5.91 Å². The molecule has 1 aromatic carbocycles. The Bertz CT molecular complexity index is 487. The number of amides is 1. The molecule has 0 aliphatic heterocycles. The Hall–Kier alpha value is -1.69. The topological polar surface area (TPSA) is 47.6 Å². The molecule has 6 heteroatoms. The van der Waals surface area contributed by atoms with E-state index in [9.17, 15) is 13.6 Å².